The van der Waals surface area contributed by atoms with Gasteiger partial charge in [0.25, 0.3) is 0 Å². The third-order valence-corrected chi connectivity index (χ3v) is 9.03. The van der Waals surface area contributed by atoms with Gasteiger partial charge in [-0.2, -0.15) is 0 Å². The van der Waals surface area contributed by atoms with E-state index in [2.05, 4.69) is 72.8 Å². The number of aliphatic hydroxyl groups is 1. The zero-order valence-corrected chi connectivity index (χ0v) is 28.6. The summed E-state index contributed by atoms with van der Waals surface area (Å²) in [6.07, 6.45) is 6.80. The molecule has 0 aliphatic carbocycles. The minimum absolute atomic E-state index is 0. The number of aromatic nitrogens is 1. The SMILES string of the molecule is CCC(CC)C(=O)/C=C(\O)C(CC)CC.[Ir].[c-]1c2c(cc3ccccc13)Oc1cc3c4ccccc4ccc3c3ccnc-2c13. The topological polar surface area (TPSA) is 59.4 Å². The Labute approximate surface area is 278 Å². The standard InChI is InChI=1S/C27H14NO.C13H24O2.Ir/c1-2-7-18-14-24-23(13-17(18)6-1)27-26-21(11-12-28-27)20-10-9-16-5-3-4-8-19(16)22(20)15-25(26)29-24;1-5-10(6-2)12(14)9-13(15)11(7-3)8-4;/h1-12,14-15H;9-11,14H,5-8H2,1-4H3;/q-1;;/b;12-9-;. The first-order valence-electron chi connectivity index (χ1n) is 15.8. The summed E-state index contributed by atoms with van der Waals surface area (Å²) in [7, 11) is 0. The largest absolute Gasteiger partial charge is 0.512 e. The third kappa shape index (κ3) is 6.12. The van der Waals surface area contributed by atoms with Crippen LogP contribution in [0, 0.1) is 17.9 Å². The van der Waals surface area contributed by atoms with E-state index in [9.17, 15) is 9.90 Å². The molecule has 0 spiro atoms. The second kappa shape index (κ2) is 13.9. The second-order valence-electron chi connectivity index (χ2n) is 11.5. The average molecular weight is 773 g/mol. The Hall–Kier alpha value is -4.05. The average Bonchev–Trinajstić information content (AvgIpc) is 3.05. The number of carbonyl (C=O) groups is 1. The van der Waals surface area contributed by atoms with Gasteiger partial charge in [0.2, 0.25) is 0 Å². The van der Waals surface area contributed by atoms with E-state index in [0.29, 0.717) is 0 Å². The number of ketones is 1. The first kappa shape index (κ1) is 32.3. The molecule has 1 radical (unpaired) electrons. The van der Waals surface area contributed by atoms with Crippen molar-refractivity contribution in [2.45, 2.75) is 53.4 Å². The van der Waals surface area contributed by atoms with Gasteiger partial charge in [-0.25, -0.2) is 0 Å². The Morgan fingerprint density at radius 2 is 1.47 bits per heavy atom. The summed E-state index contributed by atoms with van der Waals surface area (Å²) in [5.74, 6) is 2.23. The molecule has 45 heavy (non-hydrogen) atoms. The van der Waals surface area contributed by atoms with Crippen molar-refractivity contribution in [3.63, 3.8) is 0 Å². The number of benzene rings is 5. The van der Waals surface area contributed by atoms with Crippen molar-refractivity contribution in [3.8, 4) is 22.8 Å². The van der Waals surface area contributed by atoms with Crippen molar-refractivity contribution in [3.05, 3.63) is 103 Å². The molecule has 231 valence electrons. The van der Waals surface area contributed by atoms with E-state index in [-0.39, 0.29) is 43.5 Å². The molecule has 7 rings (SSSR count). The number of nitrogens with zero attached hydrogens (tertiary/aromatic N) is 1. The number of ether oxygens (including phenoxy) is 1. The predicted molar refractivity (Wildman–Crippen MR) is 182 cm³/mol. The van der Waals surface area contributed by atoms with Crippen LogP contribution in [0.5, 0.6) is 11.5 Å². The summed E-state index contributed by atoms with van der Waals surface area (Å²) < 4.78 is 6.44. The molecule has 1 aliphatic heterocycles. The molecule has 0 unspecified atom stereocenters. The van der Waals surface area contributed by atoms with Crippen LogP contribution in [0.15, 0.2) is 96.9 Å². The molecule has 5 aromatic carbocycles. The van der Waals surface area contributed by atoms with Crippen molar-refractivity contribution in [1.29, 1.82) is 0 Å². The number of hydrogen-bond donors (Lipinski definition) is 1. The minimum atomic E-state index is 0. The monoisotopic (exact) mass is 773 g/mol. The van der Waals surface area contributed by atoms with Crippen LogP contribution < -0.4 is 4.74 Å². The van der Waals surface area contributed by atoms with Crippen LogP contribution in [0.25, 0.3) is 54.3 Å². The molecule has 0 atom stereocenters. The molecule has 2 heterocycles. The number of allylic oxidation sites excluding steroid dienone is 2. The molecule has 0 saturated carbocycles. The Kier molecular flexibility index (Phi) is 10.0. The third-order valence-electron chi connectivity index (χ3n) is 9.03. The quantitative estimate of drug-likeness (QED) is 0.0759. The van der Waals surface area contributed by atoms with Crippen molar-refractivity contribution in [1.82, 2.24) is 4.98 Å². The summed E-state index contributed by atoms with van der Waals surface area (Å²) in [5.41, 5.74) is 1.88. The molecule has 0 saturated heterocycles. The van der Waals surface area contributed by atoms with Crippen LogP contribution in [-0.2, 0) is 24.9 Å². The number of pyridine rings is 1. The van der Waals surface area contributed by atoms with Gasteiger partial charge in [-0.1, -0.05) is 99.3 Å². The Bertz CT molecular complexity index is 2040. The summed E-state index contributed by atoms with van der Waals surface area (Å²) in [6, 6.07) is 31.0. The molecular formula is C40H38IrNO3-. The second-order valence-corrected chi connectivity index (χ2v) is 11.5. The minimum Gasteiger partial charge on any atom is -0.512 e. The van der Waals surface area contributed by atoms with E-state index in [4.69, 9.17) is 9.72 Å². The van der Waals surface area contributed by atoms with Gasteiger partial charge >= 0.3 is 0 Å². The fraction of sp³-hybridized carbons (Fsp3) is 0.250. The summed E-state index contributed by atoms with van der Waals surface area (Å²) >= 11 is 0. The maximum atomic E-state index is 11.7. The molecule has 0 bridgehead atoms. The fourth-order valence-electron chi connectivity index (χ4n) is 6.40. The van der Waals surface area contributed by atoms with Crippen LogP contribution in [0.4, 0.5) is 0 Å². The number of rotatable bonds is 7. The summed E-state index contributed by atoms with van der Waals surface area (Å²) in [6.45, 7) is 8.07. The van der Waals surface area contributed by atoms with Crippen LogP contribution in [0.1, 0.15) is 53.4 Å². The van der Waals surface area contributed by atoms with Crippen molar-refractivity contribution in [2.24, 2.45) is 11.8 Å². The summed E-state index contributed by atoms with van der Waals surface area (Å²) in [4.78, 5) is 16.5. The van der Waals surface area contributed by atoms with Gasteiger partial charge < -0.3 is 9.84 Å². The van der Waals surface area contributed by atoms with Crippen LogP contribution >= 0.6 is 0 Å². The zero-order valence-electron chi connectivity index (χ0n) is 26.2. The number of aliphatic hydroxyl groups excluding tert-OH is 1. The Morgan fingerprint density at radius 3 is 2.20 bits per heavy atom. The Morgan fingerprint density at radius 1 is 0.778 bits per heavy atom. The van der Waals surface area contributed by atoms with E-state index in [0.717, 1.165) is 64.6 Å². The van der Waals surface area contributed by atoms with Crippen molar-refractivity contribution < 1.29 is 34.7 Å². The van der Waals surface area contributed by atoms with Crippen LogP contribution in [0.3, 0.4) is 0 Å². The maximum Gasteiger partial charge on any atom is 0.162 e. The first-order chi connectivity index (χ1) is 21.5. The van der Waals surface area contributed by atoms with Gasteiger partial charge in [0, 0.05) is 55.3 Å². The smallest absolute Gasteiger partial charge is 0.162 e. The zero-order chi connectivity index (χ0) is 30.8. The number of carbonyl (C=O) groups excluding carboxylic acids is 1. The molecule has 1 N–H and O–H groups in total. The molecule has 0 amide bonds. The maximum absolute atomic E-state index is 11.7. The molecule has 0 fully saturated rings. The Balaban J connectivity index is 0.000000217. The van der Waals surface area contributed by atoms with E-state index < -0.39 is 0 Å². The number of fused-ring (bicyclic) bond motifs is 7. The molecular weight excluding hydrogens is 735 g/mol. The summed E-state index contributed by atoms with van der Waals surface area (Å²) in [5, 5.41) is 19.1. The van der Waals surface area contributed by atoms with Crippen LogP contribution in [0.2, 0.25) is 0 Å². The van der Waals surface area contributed by atoms with E-state index in [1.54, 1.807) is 0 Å². The van der Waals surface area contributed by atoms with Gasteiger partial charge in [0.05, 0.1) is 11.5 Å². The normalized spacial score (nSPS) is 12.2. The van der Waals surface area contributed by atoms with Gasteiger partial charge in [-0.05, 0) is 64.7 Å². The molecule has 6 aromatic rings. The molecule has 4 nitrogen and oxygen atoms in total. The van der Waals surface area contributed by atoms with Gasteiger partial charge in [-0.3, -0.25) is 9.78 Å². The molecule has 1 aliphatic rings. The molecule has 5 heteroatoms. The van der Waals surface area contributed by atoms with Crippen molar-refractivity contribution in [2.75, 3.05) is 0 Å². The van der Waals surface area contributed by atoms with Crippen LogP contribution in [-0.4, -0.2) is 15.9 Å². The van der Waals surface area contributed by atoms with Gasteiger partial charge in [-0.15, -0.1) is 17.5 Å². The molecule has 1 aromatic heterocycles. The fourth-order valence-corrected chi connectivity index (χ4v) is 6.40. The van der Waals surface area contributed by atoms with E-state index in [1.807, 2.05) is 46.0 Å². The predicted octanol–water partition coefficient (Wildman–Crippen LogP) is 11.1. The van der Waals surface area contributed by atoms with E-state index in [1.165, 1.54) is 33.0 Å². The number of hydrogen-bond acceptors (Lipinski definition) is 4. The van der Waals surface area contributed by atoms with Gasteiger partial charge in [0.15, 0.2) is 5.78 Å². The van der Waals surface area contributed by atoms with Crippen molar-refractivity contribution >= 4 is 48.9 Å². The first-order valence-corrected chi connectivity index (χ1v) is 15.8. The van der Waals surface area contributed by atoms with E-state index >= 15 is 0 Å². The van der Waals surface area contributed by atoms with Gasteiger partial charge in [0.1, 0.15) is 5.75 Å².